The Morgan fingerprint density at radius 1 is 1.22 bits per heavy atom. The third kappa shape index (κ3) is 4.51. The molecule has 0 aliphatic carbocycles. The summed E-state index contributed by atoms with van der Waals surface area (Å²) in [6.07, 6.45) is 0. The minimum atomic E-state index is -4.21. The van der Waals surface area contributed by atoms with Gasteiger partial charge in [-0.2, -0.15) is 13.2 Å². The summed E-state index contributed by atoms with van der Waals surface area (Å²) in [5, 5.41) is 3.25. The Morgan fingerprint density at radius 2 is 1.94 bits per heavy atom. The largest absolute Gasteiger partial charge is 0.446 e. The Bertz CT molecular complexity index is 389. The lowest BCUT2D eigenvalue weighted by atomic mass is 10.2. The zero-order chi connectivity index (χ0) is 13.0. The highest BCUT2D eigenvalue weighted by molar-refractivity contribution is 8.00. The molecule has 0 aromatic heterocycles. The Hall–Kier alpha value is -0.720. The summed E-state index contributed by atoms with van der Waals surface area (Å²) >= 11 is -0.0539. The summed E-state index contributed by atoms with van der Waals surface area (Å²) in [4.78, 5) is 2.50. The van der Waals surface area contributed by atoms with Gasteiger partial charge in [-0.25, -0.2) is 0 Å². The highest BCUT2D eigenvalue weighted by Crippen LogP contribution is 2.37. The number of nitrogens with zero attached hydrogens (tertiary/aromatic N) is 1. The minimum Gasteiger partial charge on any atom is -0.314 e. The van der Waals surface area contributed by atoms with Gasteiger partial charge >= 0.3 is 5.51 Å². The molecule has 0 radical (unpaired) electrons. The maximum Gasteiger partial charge on any atom is 0.446 e. The van der Waals surface area contributed by atoms with Gasteiger partial charge in [0.15, 0.2) is 0 Å². The van der Waals surface area contributed by atoms with E-state index in [0.29, 0.717) is 6.54 Å². The predicted molar refractivity (Wildman–Crippen MR) is 66.5 cm³/mol. The van der Waals surface area contributed by atoms with Crippen LogP contribution < -0.4 is 5.32 Å². The second kappa shape index (κ2) is 5.95. The molecule has 1 aromatic carbocycles. The first kappa shape index (κ1) is 13.7. The number of piperazine rings is 1. The monoisotopic (exact) mass is 276 g/mol. The molecule has 1 aromatic rings. The van der Waals surface area contributed by atoms with Crippen molar-refractivity contribution >= 4 is 11.8 Å². The lowest BCUT2D eigenvalue weighted by Crippen LogP contribution is -2.42. The van der Waals surface area contributed by atoms with E-state index in [2.05, 4.69) is 10.2 Å². The van der Waals surface area contributed by atoms with Crippen LogP contribution in [-0.2, 0) is 6.54 Å². The number of alkyl halides is 3. The summed E-state index contributed by atoms with van der Waals surface area (Å²) in [5.41, 5.74) is -3.28. The van der Waals surface area contributed by atoms with E-state index in [-0.39, 0.29) is 16.7 Å². The number of thioether (sulfide) groups is 1. The molecule has 1 fully saturated rings. The van der Waals surface area contributed by atoms with Crippen LogP contribution in [-0.4, -0.2) is 36.6 Å². The van der Waals surface area contributed by atoms with Crippen molar-refractivity contribution in [2.75, 3.05) is 26.2 Å². The molecule has 2 rings (SSSR count). The fraction of sp³-hybridized carbons (Fsp3) is 0.500. The smallest absolute Gasteiger partial charge is 0.314 e. The van der Waals surface area contributed by atoms with Crippen molar-refractivity contribution in [3.05, 3.63) is 29.8 Å². The van der Waals surface area contributed by atoms with E-state index in [0.717, 1.165) is 31.7 Å². The molecule has 1 heterocycles. The topological polar surface area (TPSA) is 15.3 Å². The van der Waals surface area contributed by atoms with Crippen LogP contribution in [0.3, 0.4) is 0 Å². The van der Waals surface area contributed by atoms with Gasteiger partial charge in [0, 0.05) is 37.6 Å². The highest BCUT2D eigenvalue weighted by Gasteiger charge is 2.29. The Kier molecular flexibility index (Phi) is 4.53. The number of rotatable bonds is 3. The standard InChI is InChI=1S/C12H15F3N2S/c13-12(14,15)18-11-3-1-2-10(8-11)9-17-6-4-16-5-7-17/h1-3,8,16H,4-7,9H2. The summed E-state index contributed by atoms with van der Waals surface area (Å²) in [6, 6.07) is 6.69. The van der Waals surface area contributed by atoms with Crippen molar-refractivity contribution in [3.63, 3.8) is 0 Å². The zero-order valence-corrected chi connectivity index (χ0v) is 10.7. The lowest BCUT2D eigenvalue weighted by molar-refractivity contribution is -0.0328. The summed E-state index contributed by atoms with van der Waals surface area (Å²) < 4.78 is 36.8. The van der Waals surface area contributed by atoms with Crippen molar-refractivity contribution in [2.45, 2.75) is 16.9 Å². The number of hydrogen-bond donors (Lipinski definition) is 1. The average Bonchev–Trinajstić information content (AvgIpc) is 2.28. The van der Waals surface area contributed by atoms with Crippen LogP contribution in [0.25, 0.3) is 0 Å². The first-order chi connectivity index (χ1) is 8.53. The minimum absolute atomic E-state index is 0.0539. The van der Waals surface area contributed by atoms with Gasteiger partial charge < -0.3 is 5.32 Å². The van der Waals surface area contributed by atoms with Crippen molar-refractivity contribution in [2.24, 2.45) is 0 Å². The van der Waals surface area contributed by atoms with Crippen LogP contribution >= 0.6 is 11.8 Å². The van der Waals surface area contributed by atoms with E-state index in [1.54, 1.807) is 12.1 Å². The number of hydrogen-bond acceptors (Lipinski definition) is 3. The molecule has 1 aliphatic heterocycles. The molecule has 100 valence electrons. The number of halogens is 3. The highest BCUT2D eigenvalue weighted by atomic mass is 32.2. The molecule has 0 spiro atoms. The molecule has 0 saturated carbocycles. The Morgan fingerprint density at radius 3 is 2.61 bits per heavy atom. The van der Waals surface area contributed by atoms with Crippen molar-refractivity contribution in [1.82, 2.24) is 10.2 Å². The summed E-state index contributed by atoms with van der Waals surface area (Å²) in [6.45, 7) is 4.48. The molecule has 0 amide bonds. The molecule has 0 unspecified atom stereocenters. The van der Waals surface area contributed by atoms with E-state index in [4.69, 9.17) is 0 Å². The molecule has 6 heteroatoms. The van der Waals surface area contributed by atoms with E-state index in [1.807, 2.05) is 6.07 Å². The van der Waals surface area contributed by atoms with Crippen molar-refractivity contribution in [3.8, 4) is 0 Å². The van der Waals surface area contributed by atoms with Gasteiger partial charge in [-0.15, -0.1) is 0 Å². The van der Waals surface area contributed by atoms with Crippen LogP contribution in [0, 0.1) is 0 Å². The van der Waals surface area contributed by atoms with Gasteiger partial charge in [0.25, 0.3) is 0 Å². The average molecular weight is 276 g/mol. The molecule has 0 bridgehead atoms. The maximum absolute atomic E-state index is 12.3. The second-order valence-corrected chi connectivity index (χ2v) is 5.36. The lowest BCUT2D eigenvalue weighted by Gasteiger charge is -2.27. The summed E-state index contributed by atoms with van der Waals surface area (Å²) in [5.74, 6) is 0. The van der Waals surface area contributed by atoms with Gasteiger partial charge in [0.2, 0.25) is 0 Å². The Labute approximate surface area is 109 Å². The van der Waals surface area contributed by atoms with Gasteiger partial charge in [-0.1, -0.05) is 12.1 Å². The molecular weight excluding hydrogens is 261 g/mol. The normalized spacial score (nSPS) is 17.9. The molecular formula is C12H15F3N2S. The Balaban J connectivity index is 1.98. The molecule has 18 heavy (non-hydrogen) atoms. The van der Waals surface area contributed by atoms with Crippen molar-refractivity contribution < 1.29 is 13.2 Å². The zero-order valence-electron chi connectivity index (χ0n) is 9.83. The van der Waals surface area contributed by atoms with Gasteiger partial charge in [-0.3, -0.25) is 4.90 Å². The van der Waals surface area contributed by atoms with Crippen LogP contribution in [0.1, 0.15) is 5.56 Å². The third-order valence-corrected chi connectivity index (χ3v) is 3.47. The SMILES string of the molecule is FC(F)(F)Sc1cccc(CN2CCNCC2)c1. The van der Waals surface area contributed by atoms with Crippen LogP contribution in [0.15, 0.2) is 29.2 Å². The van der Waals surface area contributed by atoms with Gasteiger partial charge in [0.1, 0.15) is 0 Å². The van der Waals surface area contributed by atoms with E-state index < -0.39 is 5.51 Å². The maximum atomic E-state index is 12.3. The van der Waals surface area contributed by atoms with Crippen LogP contribution in [0.2, 0.25) is 0 Å². The third-order valence-electron chi connectivity index (χ3n) is 2.75. The van der Waals surface area contributed by atoms with Crippen molar-refractivity contribution in [1.29, 1.82) is 0 Å². The van der Waals surface area contributed by atoms with Gasteiger partial charge in [-0.05, 0) is 29.5 Å². The summed E-state index contributed by atoms with van der Waals surface area (Å²) in [7, 11) is 0. The second-order valence-electron chi connectivity index (χ2n) is 4.22. The van der Waals surface area contributed by atoms with Crippen LogP contribution in [0.4, 0.5) is 13.2 Å². The first-order valence-electron chi connectivity index (χ1n) is 5.81. The van der Waals surface area contributed by atoms with E-state index in [1.165, 1.54) is 6.07 Å². The number of benzene rings is 1. The molecule has 2 nitrogen and oxygen atoms in total. The molecule has 0 atom stereocenters. The predicted octanol–water partition coefficient (Wildman–Crippen LogP) is 2.70. The fourth-order valence-corrected chi connectivity index (χ4v) is 2.59. The number of nitrogens with one attached hydrogen (secondary N) is 1. The molecule has 1 saturated heterocycles. The fourth-order valence-electron chi connectivity index (χ4n) is 1.97. The quantitative estimate of drug-likeness (QED) is 0.855. The van der Waals surface area contributed by atoms with Crippen LogP contribution in [0.5, 0.6) is 0 Å². The van der Waals surface area contributed by atoms with Gasteiger partial charge in [0.05, 0.1) is 0 Å². The molecule has 1 aliphatic rings. The van der Waals surface area contributed by atoms with E-state index >= 15 is 0 Å². The van der Waals surface area contributed by atoms with E-state index in [9.17, 15) is 13.2 Å². The molecule has 1 N–H and O–H groups in total. The first-order valence-corrected chi connectivity index (χ1v) is 6.62.